The molecule has 1 heterocycles. The van der Waals surface area contributed by atoms with E-state index in [1.54, 1.807) is 7.11 Å². The van der Waals surface area contributed by atoms with Gasteiger partial charge in [0, 0.05) is 11.7 Å². The number of nitrogens with zero attached hydrogens (tertiary/aromatic N) is 1. The van der Waals surface area contributed by atoms with Crippen LogP contribution in [0.4, 0.5) is 16.2 Å². The third kappa shape index (κ3) is 2.44. The maximum Gasteiger partial charge on any atom is 0.326 e. The molecule has 2 amide bonds. The van der Waals surface area contributed by atoms with Crippen molar-refractivity contribution in [1.82, 2.24) is 0 Å². The molecule has 4 nitrogen and oxygen atoms in total. The van der Waals surface area contributed by atoms with E-state index >= 15 is 0 Å². The number of hydrogen-bond donors (Lipinski definition) is 1. The van der Waals surface area contributed by atoms with Gasteiger partial charge in [0.1, 0.15) is 5.75 Å². The molecule has 0 spiro atoms. The molecule has 4 heteroatoms. The van der Waals surface area contributed by atoms with Crippen molar-refractivity contribution in [3.63, 3.8) is 0 Å². The standard InChI is InChI=1S/C17H18N2O2/c1-12-11-13-7-3-5-9-15(13)19(12)17(20)18-14-8-4-6-10-16(14)21-2/h3-10,12H,11H2,1-2H3,(H,18,20). The summed E-state index contributed by atoms with van der Waals surface area (Å²) in [4.78, 5) is 14.4. The quantitative estimate of drug-likeness (QED) is 0.913. The molecular formula is C17H18N2O2. The highest BCUT2D eigenvalue weighted by atomic mass is 16.5. The average molecular weight is 282 g/mol. The average Bonchev–Trinajstić information content (AvgIpc) is 2.83. The second kappa shape index (κ2) is 5.48. The maximum absolute atomic E-state index is 12.6. The number of nitrogens with one attached hydrogen (secondary N) is 1. The minimum absolute atomic E-state index is 0.128. The first-order chi connectivity index (χ1) is 10.2. The van der Waals surface area contributed by atoms with Crippen molar-refractivity contribution in [1.29, 1.82) is 0 Å². The van der Waals surface area contributed by atoms with Gasteiger partial charge in [-0.05, 0) is 37.1 Å². The van der Waals surface area contributed by atoms with Gasteiger partial charge in [-0.3, -0.25) is 4.90 Å². The summed E-state index contributed by atoms with van der Waals surface area (Å²) >= 11 is 0. The fourth-order valence-electron chi connectivity index (χ4n) is 2.80. The van der Waals surface area contributed by atoms with Gasteiger partial charge in [0.25, 0.3) is 0 Å². The lowest BCUT2D eigenvalue weighted by Crippen LogP contribution is -2.39. The molecule has 2 aromatic carbocycles. The molecule has 0 bridgehead atoms. The van der Waals surface area contributed by atoms with Crippen molar-refractivity contribution in [2.45, 2.75) is 19.4 Å². The normalized spacial score (nSPS) is 16.5. The van der Waals surface area contributed by atoms with Gasteiger partial charge in [-0.15, -0.1) is 0 Å². The van der Waals surface area contributed by atoms with Crippen LogP contribution in [0.5, 0.6) is 5.75 Å². The highest BCUT2D eigenvalue weighted by molar-refractivity contribution is 6.04. The predicted molar refractivity (Wildman–Crippen MR) is 84.1 cm³/mol. The second-order valence-electron chi connectivity index (χ2n) is 5.18. The lowest BCUT2D eigenvalue weighted by molar-refractivity contribution is 0.255. The van der Waals surface area contributed by atoms with Crippen molar-refractivity contribution in [2.75, 3.05) is 17.3 Å². The van der Waals surface area contributed by atoms with Gasteiger partial charge < -0.3 is 10.1 Å². The van der Waals surface area contributed by atoms with Crippen LogP contribution in [0.2, 0.25) is 0 Å². The number of carbonyl (C=O) groups is 1. The van der Waals surface area contributed by atoms with Gasteiger partial charge in [0.2, 0.25) is 0 Å². The van der Waals surface area contributed by atoms with Crippen LogP contribution in [0.15, 0.2) is 48.5 Å². The van der Waals surface area contributed by atoms with Crippen molar-refractivity contribution < 1.29 is 9.53 Å². The Morgan fingerprint density at radius 3 is 2.71 bits per heavy atom. The minimum atomic E-state index is -0.128. The molecule has 0 aromatic heterocycles. The maximum atomic E-state index is 12.6. The monoisotopic (exact) mass is 282 g/mol. The van der Waals surface area contributed by atoms with Gasteiger partial charge >= 0.3 is 6.03 Å². The zero-order valence-electron chi connectivity index (χ0n) is 12.2. The molecular weight excluding hydrogens is 264 g/mol. The summed E-state index contributed by atoms with van der Waals surface area (Å²) in [7, 11) is 1.60. The lowest BCUT2D eigenvalue weighted by atomic mass is 10.1. The fraction of sp³-hybridized carbons (Fsp3) is 0.235. The zero-order chi connectivity index (χ0) is 14.8. The largest absolute Gasteiger partial charge is 0.495 e. The fourth-order valence-corrected chi connectivity index (χ4v) is 2.80. The van der Waals surface area contributed by atoms with Gasteiger partial charge in [-0.25, -0.2) is 4.79 Å². The summed E-state index contributed by atoms with van der Waals surface area (Å²) in [6.07, 6.45) is 0.884. The van der Waals surface area contributed by atoms with Gasteiger partial charge in [-0.2, -0.15) is 0 Å². The van der Waals surface area contributed by atoms with Crippen LogP contribution in [-0.4, -0.2) is 19.2 Å². The number of urea groups is 1. The number of fused-ring (bicyclic) bond motifs is 1. The Morgan fingerprint density at radius 2 is 1.90 bits per heavy atom. The van der Waals surface area contributed by atoms with E-state index in [9.17, 15) is 4.79 Å². The number of rotatable bonds is 2. The molecule has 1 unspecified atom stereocenters. The molecule has 0 aliphatic carbocycles. The van der Waals surface area contributed by atoms with Gasteiger partial charge in [-0.1, -0.05) is 30.3 Å². The summed E-state index contributed by atoms with van der Waals surface area (Å²) in [5.41, 5.74) is 2.87. The Bertz CT molecular complexity index is 669. The van der Waals surface area contributed by atoms with E-state index in [1.165, 1.54) is 5.56 Å². The zero-order valence-corrected chi connectivity index (χ0v) is 12.2. The summed E-state index contributed by atoms with van der Waals surface area (Å²) < 4.78 is 5.27. The third-order valence-corrected chi connectivity index (χ3v) is 3.77. The number of anilines is 2. The van der Waals surface area contributed by atoms with Crippen LogP contribution in [-0.2, 0) is 6.42 Å². The lowest BCUT2D eigenvalue weighted by Gasteiger charge is -2.23. The predicted octanol–water partition coefficient (Wildman–Crippen LogP) is 3.68. The Morgan fingerprint density at radius 1 is 1.19 bits per heavy atom. The summed E-state index contributed by atoms with van der Waals surface area (Å²) in [6, 6.07) is 15.5. The topological polar surface area (TPSA) is 41.6 Å². The molecule has 2 aromatic rings. The van der Waals surface area contributed by atoms with Crippen LogP contribution >= 0.6 is 0 Å². The molecule has 0 saturated carbocycles. The first-order valence-electron chi connectivity index (χ1n) is 7.02. The first-order valence-corrected chi connectivity index (χ1v) is 7.02. The molecule has 1 aliphatic heterocycles. The van der Waals surface area contributed by atoms with E-state index in [0.717, 1.165) is 12.1 Å². The molecule has 0 fully saturated rings. The number of para-hydroxylation sites is 3. The number of carbonyl (C=O) groups excluding carboxylic acids is 1. The Balaban J connectivity index is 1.86. The molecule has 1 aliphatic rings. The van der Waals surface area contributed by atoms with Crippen molar-refractivity contribution in [3.05, 3.63) is 54.1 Å². The molecule has 0 radical (unpaired) electrons. The number of ether oxygens (including phenoxy) is 1. The van der Waals surface area contributed by atoms with E-state index in [0.29, 0.717) is 11.4 Å². The Hall–Kier alpha value is -2.49. The first kappa shape index (κ1) is 13.5. The number of methoxy groups -OCH3 is 1. The van der Waals surface area contributed by atoms with Crippen molar-refractivity contribution >= 4 is 17.4 Å². The van der Waals surface area contributed by atoms with Gasteiger partial charge in [0.15, 0.2) is 0 Å². The van der Waals surface area contributed by atoms with E-state index in [-0.39, 0.29) is 12.1 Å². The van der Waals surface area contributed by atoms with Crippen molar-refractivity contribution in [3.8, 4) is 5.75 Å². The third-order valence-electron chi connectivity index (χ3n) is 3.77. The molecule has 1 N–H and O–H groups in total. The number of benzene rings is 2. The van der Waals surface area contributed by atoms with Crippen molar-refractivity contribution in [2.24, 2.45) is 0 Å². The van der Waals surface area contributed by atoms with Crippen LogP contribution in [0, 0.1) is 0 Å². The highest BCUT2D eigenvalue weighted by Crippen LogP contribution is 2.33. The second-order valence-corrected chi connectivity index (χ2v) is 5.18. The summed E-state index contributed by atoms with van der Waals surface area (Å²) in [5.74, 6) is 0.658. The van der Waals surface area contributed by atoms with Gasteiger partial charge in [0.05, 0.1) is 12.8 Å². The van der Waals surface area contributed by atoms with E-state index < -0.39 is 0 Å². The summed E-state index contributed by atoms with van der Waals surface area (Å²) in [6.45, 7) is 2.06. The van der Waals surface area contributed by atoms with E-state index in [2.05, 4.69) is 18.3 Å². The summed E-state index contributed by atoms with van der Waals surface area (Å²) in [5, 5.41) is 2.94. The van der Waals surface area contributed by atoms with Crippen LogP contribution in [0.1, 0.15) is 12.5 Å². The Labute approximate surface area is 124 Å². The van der Waals surface area contributed by atoms with E-state index in [4.69, 9.17) is 4.74 Å². The van der Waals surface area contributed by atoms with Crippen LogP contribution in [0.3, 0.4) is 0 Å². The Kier molecular flexibility index (Phi) is 3.52. The smallest absolute Gasteiger partial charge is 0.326 e. The highest BCUT2D eigenvalue weighted by Gasteiger charge is 2.30. The molecule has 21 heavy (non-hydrogen) atoms. The molecule has 0 saturated heterocycles. The minimum Gasteiger partial charge on any atom is -0.495 e. The number of hydrogen-bond acceptors (Lipinski definition) is 2. The molecule has 108 valence electrons. The van der Waals surface area contributed by atoms with Crippen LogP contribution in [0.25, 0.3) is 0 Å². The van der Waals surface area contributed by atoms with Crippen LogP contribution < -0.4 is 15.0 Å². The number of amides is 2. The molecule has 1 atom stereocenters. The van der Waals surface area contributed by atoms with E-state index in [1.807, 2.05) is 47.4 Å². The SMILES string of the molecule is COc1ccccc1NC(=O)N1c2ccccc2CC1C. The molecule has 3 rings (SSSR count).